The first kappa shape index (κ1) is 21.3. The van der Waals surface area contributed by atoms with Crippen LogP contribution in [0.4, 0.5) is 0 Å². The Morgan fingerprint density at radius 3 is 2.79 bits per heavy atom. The maximum atomic E-state index is 13.0. The fraction of sp³-hybridized carbons (Fsp3) is 0.591. The lowest BCUT2D eigenvalue weighted by atomic mass is 9.97. The van der Waals surface area contributed by atoms with E-state index in [4.69, 9.17) is 4.74 Å². The number of nitrogens with one attached hydrogen (secondary N) is 1. The molecule has 0 saturated heterocycles. The van der Waals surface area contributed by atoms with Crippen molar-refractivity contribution in [2.75, 3.05) is 20.3 Å². The predicted octanol–water partition coefficient (Wildman–Crippen LogP) is 2.55. The zero-order valence-electron chi connectivity index (χ0n) is 17.5. The molecule has 2 aromatic heterocycles. The van der Waals surface area contributed by atoms with Crippen LogP contribution in [0.15, 0.2) is 29.6 Å². The number of ether oxygens (including phenoxy) is 1. The normalized spacial score (nSPS) is 14.4. The lowest BCUT2D eigenvalue weighted by Gasteiger charge is -2.22. The predicted molar refractivity (Wildman–Crippen MR) is 112 cm³/mol. The van der Waals surface area contributed by atoms with Gasteiger partial charge < -0.3 is 19.2 Å². The number of amides is 1. The molecule has 0 atom stereocenters. The third kappa shape index (κ3) is 5.56. The minimum Gasteiger partial charge on any atom is -0.383 e. The summed E-state index contributed by atoms with van der Waals surface area (Å²) in [6, 6.07) is 1.58. The van der Waals surface area contributed by atoms with Gasteiger partial charge in [0.25, 0.3) is 5.91 Å². The van der Waals surface area contributed by atoms with Gasteiger partial charge in [0.2, 0.25) is 0 Å². The van der Waals surface area contributed by atoms with Crippen molar-refractivity contribution in [2.45, 2.75) is 58.5 Å². The van der Waals surface area contributed by atoms with Crippen LogP contribution in [0.1, 0.15) is 53.8 Å². The van der Waals surface area contributed by atoms with E-state index >= 15 is 0 Å². The number of carbonyl (C=O) groups excluding carboxylic acids is 1. The second kappa shape index (κ2) is 10.4. The van der Waals surface area contributed by atoms with E-state index in [9.17, 15) is 9.59 Å². The van der Waals surface area contributed by atoms with Crippen LogP contribution in [0.3, 0.4) is 0 Å². The van der Waals surface area contributed by atoms with Gasteiger partial charge in [0.15, 0.2) is 5.43 Å². The number of hydrogen-bond donors (Lipinski definition) is 1. The number of methoxy groups -OCH3 is 1. The fourth-order valence-electron chi connectivity index (χ4n) is 4.24. The summed E-state index contributed by atoms with van der Waals surface area (Å²) in [4.78, 5) is 29.8. The van der Waals surface area contributed by atoms with Gasteiger partial charge in [-0.1, -0.05) is 25.7 Å². The van der Waals surface area contributed by atoms with E-state index in [1.165, 1.54) is 25.7 Å². The summed E-state index contributed by atoms with van der Waals surface area (Å²) in [7, 11) is 1.67. The van der Waals surface area contributed by atoms with Crippen molar-refractivity contribution < 1.29 is 9.53 Å². The molecule has 1 amide bonds. The van der Waals surface area contributed by atoms with Gasteiger partial charge in [0, 0.05) is 56.6 Å². The summed E-state index contributed by atoms with van der Waals surface area (Å²) in [6.45, 7) is 4.42. The fourth-order valence-corrected chi connectivity index (χ4v) is 4.24. The molecular weight excluding hydrogens is 368 g/mol. The highest BCUT2D eigenvalue weighted by Gasteiger charge is 2.24. The quantitative estimate of drug-likeness (QED) is 0.622. The molecule has 3 rings (SSSR count). The zero-order chi connectivity index (χ0) is 20.6. The molecule has 1 aliphatic carbocycles. The van der Waals surface area contributed by atoms with Gasteiger partial charge in [-0.3, -0.25) is 9.59 Å². The number of aromatic nitrogens is 3. The summed E-state index contributed by atoms with van der Waals surface area (Å²) in [5.41, 5.74) is 1.88. The molecule has 0 unspecified atom stereocenters. The molecule has 0 aliphatic heterocycles. The van der Waals surface area contributed by atoms with Crippen molar-refractivity contribution in [3.63, 3.8) is 0 Å². The van der Waals surface area contributed by atoms with Gasteiger partial charge in [0.05, 0.1) is 12.9 Å². The first-order valence-electron chi connectivity index (χ1n) is 10.6. The number of imidazole rings is 1. The molecule has 158 valence electrons. The van der Waals surface area contributed by atoms with E-state index in [2.05, 4.69) is 14.9 Å². The molecule has 1 saturated carbocycles. The Balaban J connectivity index is 1.78. The third-order valence-electron chi connectivity index (χ3n) is 5.77. The molecule has 7 heteroatoms. The number of pyridine rings is 1. The summed E-state index contributed by atoms with van der Waals surface area (Å²) in [5, 5.41) is 2.95. The Kier molecular flexibility index (Phi) is 7.63. The molecule has 1 fully saturated rings. The van der Waals surface area contributed by atoms with E-state index in [0.717, 1.165) is 30.8 Å². The van der Waals surface area contributed by atoms with Crippen molar-refractivity contribution in [2.24, 2.45) is 5.92 Å². The first-order valence-corrected chi connectivity index (χ1v) is 10.6. The molecule has 29 heavy (non-hydrogen) atoms. The van der Waals surface area contributed by atoms with Crippen molar-refractivity contribution in [1.29, 1.82) is 0 Å². The monoisotopic (exact) mass is 400 g/mol. The van der Waals surface area contributed by atoms with Gasteiger partial charge in [-0.25, -0.2) is 4.98 Å². The summed E-state index contributed by atoms with van der Waals surface area (Å²) < 4.78 is 9.34. The highest BCUT2D eigenvalue weighted by molar-refractivity contribution is 5.95. The van der Waals surface area contributed by atoms with Crippen LogP contribution >= 0.6 is 0 Å². The van der Waals surface area contributed by atoms with E-state index in [-0.39, 0.29) is 11.3 Å². The van der Waals surface area contributed by atoms with E-state index in [0.29, 0.717) is 31.2 Å². The standard InChI is InChI=1S/C22H32N4O3/c1-17-14-20(27)21(22(28)24-8-5-10-25-11-9-23-16-25)19(26(17)12-13-29-2)15-18-6-3-4-7-18/h9,11,14,16,18H,3-8,10,12-13,15H2,1-2H3,(H,24,28). The van der Waals surface area contributed by atoms with E-state index in [1.54, 1.807) is 25.7 Å². The van der Waals surface area contributed by atoms with Crippen LogP contribution in [0.2, 0.25) is 0 Å². The number of carbonyl (C=O) groups is 1. The van der Waals surface area contributed by atoms with Gasteiger partial charge in [-0.15, -0.1) is 0 Å². The molecule has 0 spiro atoms. The lowest BCUT2D eigenvalue weighted by molar-refractivity contribution is 0.0948. The topological polar surface area (TPSA) is 78.1 Å². The van der Waals surface area contributed by atoms with Crippen molar-refractivity contribution in [3.8, 4) is 0 Å². The van der Waals surface area contributed by atoms with Gasteiger partial charge in [-0.05, 0) is 25.7 Å². The van der Waals surface area contributed by atoms with Gasteiger partial charge in [0.1, 0.15) is 5.56 Å². The van der Waals surface area contributed by atoms with E-state index in [1.807, 2.05) is 17.7 Å². The SMILES string of the molecule is COCCn1c(C)cc(=O)c(C(=O)NCCCn2ccnc2)c1CC1CCCC1. The highest BCUT2D eigenvalue weighted by atomic mass is 16.5. The Labute approximate surface area is 172 Å². The molecule has 1 N–H and O–H groups in total. The van der Waals surface area contributed by atoms with Crippen LogP contribution in [-0.4, -0.2) is 40.3 Å². The van der Waals surface area contributed by atoms with Gasteiger partial charge in [-0.2, -0.15) is 0 Å². The number of aryl methyl sites for hydroxylation is 2. The molecular formula is C22H32N4O3. The highest BCUT2D eigenvalue weighted by Crippen LogP contribution is 2.29. The van der Waals surface area contributed by atoms with E-state index < -0.39 is 0 Å². The van der Waals surface area contributed by atoms with Crippen molar-refractivity contribution >= 4 is 5.91 Å². The van der Waals surface area contributed by atoms with Crippen LogP contribution in [0.25, 0.3) is 0 Å². The second-order valence-corrected chi connectivity index (χ2v) is 7.88. The minimum absolute atomic E-state index is 0.184. The van der Waals surface area contributed by atoms with Gasteiger partial charge >= 0.3 is 0 Å². The number of hydrogen-bond acceptors (Lipinski definition) is 4. The smallest absolute Gasteiger partial charge is 0.257 e. The Morgan fingerprint density at radius 1 is 1.31 bits per heavy atom. The number of nitrogens with zero attached hydrogens (tertiary/aromatic N) is 3. The Hall–Kier alpha value is -2.41. The average molecular weight is 401 g/mol. The summed E-state index contributed by atoms with van der Waals surface area (Å²) in [6.07, 6.45) is 11.7. The van der Waals surface area contributed by atoms with Crippen molar-refractivity contribution in [3.05, 3.63) is 52.0 Å². The molecule has 2 aromatic rings. The van der Waals surface area contributed by atoms with Crippen LogP contribution in [-0.2, 0) is 24.2 Å². The maximum absolute atomic E-state index is 13.0. The summed E-state index contributed by atoms with van der Waals surface area (Å²) >= 11 is 0. The van der Waals surface area contributed by atoms with Crippen LogP contribution in [0, 0.1) is 12.8 Å². The molecule has 0 aromatic carbocycles. The Bertz CT molecular complexity index is 852. The molecule has 7 nitrogen and oxygen atoms in total. The molecule has 0 radical (unpaired) electrons. The lowest BCUT2D eigenvalue weighted by Crippen LogP contribution is -2.34. The second-order valence-electron chi connectivity index (χ2n) is 7.88. The molecule has 0 bridgehead atoms. The third-order valence-corrected chi connectivity index (χ3v) is 5.77. The summed E-state index contributed by atoms with van der Waals surface area (Å²) in [5.74, 6) is 0.276. The average Bonchev–Trinajstić information content (AvgIpc) is 3.39. The van der Waals surface area contributed by atoms with Crippen LogP contribution in [0.5, 0.6) is 0 Å². The van der Waals surface area contributed by atoms with Crippen LogP contribution < -0.4 is 10.7 Å². The molecule has 1 aliphatic rings. The maximum Gasteiger partial charge on any atom is 0.257 e. The zero-order valence-corrected chi connectivity index (χ0v) is 17.5. The largest absolute Gasteiger partial charge is 0.383 e. The first-order chi connectivity index (χ1) is 14.1. The van der Waals surface area contributed by atoms with Crippen molar-refractivity contribution in [1.82, 2.24) is 19.4 Å². The molecule has 2 heterocycles. The minimum atomic E-state index is -0.264. The number of rotatable bonds is 10. The Morgan fingerprint density at radius 2 is 2.10 bits per heavy atom.